The molecule has 1 N–H and O–H groups in total. The van der Waals surface area contributed by atoms with E-state index in [9.17, 15) is 19.5 Å². The number of carbonyl (C=O) groups is 3. The molecular weight excluding hydrogens is 637 g/mol. The average Bonchev–Trinajstić information content (AvgIpc) is 3.05. The molecule has 4 rings (SSSR count). The number of carbonyl (C=O) groups excluding carboxylic acids is 3. The maximum Gasteiger partial charge on any atom is 0.410 e. The van der Waals surface area contributed by atoms with Crippen molar-refractivity contribution < 1.29 is 33.4 Å². The first-order valence-corrected chi connectivity index (χ1v) is 18.2. The van der Waals surface area contributed by atoms with Crippen LogP contribution in [0.3, 0.4) is 0 Å². The first-order chi connectivity index (χ1) is 23.5. The summed E-state index contributed by atoms with van der Waals surface area (Å²) >= 11 is 0. The van der Waals surface area contributed by atoms with Gasteiger partial charge in [-0.2, -0.15) is 0 Å². The van der Waals surface area contributed by atoms with Crippen LogP contribution in [-0.4, -0.2) is 101 Å². The Bertz CT molecular complexity index is 1490. The smallest absolute Gasteiger partial charge is 0.410 e. The van der Waals surface area contributed by atoms with E-state index < -0.39 is 17.0 Å². The molecule has 0 saturated carbocycles. The van der Waals surface area contributed by atoms with Crippen LogP contribution < -0.4 is 0 Å². The molecule has 3 amide bonds. The van der Waals surface area contributed by atoms with Crippen molar-refractivity contribution in [1.82, 2.24) is 14.7 Å². The van der Waals surface area contributed by atoms with E-state index in [0.717, 1.165) is 31.2 Å². The molecule has 1 atom stereocenters. The summed E-state index contributed by atoms with van der Waals surface area (Å²) in [6.45, 7) is 15.7. The zero-order valence-electron chi connectivity index (χ0n) is 31.4. The zero-order chi connectivity index (χ0) is 36.8. The minimum absolute atomic E-state index is 0.117. The fraction of sp³-hybridized carbons (Fsp3) is 0.625. The van der Waals surface area contributed by atoms with Crippen LogP contribution in [-0.2, 0) is 15.9 Å². The van der Waals surface area contributed by atoms with E-state index in [2.05, 4.69) is 0 Å². The third-order valence-electron chi connectivity index (χ3n) is 9.91. The number of aliphatic hydroxyl groups is 1. The summed E-state index contributed by atoms with van der Waals surface area (Å²) < 4.78 is 26.5. The van der Waals surface area contributed by atoms with Gasteiger partial charge in [0.25, 0.3) is 11.8 Å². The summed E-state index contributed by atoms with van der Waals surface area (Å²) in [6, 6.07) is 9.62. The molecule has 2 aliphatic rings. The number of nitrogens with zero attached hydrogens (tertiary/aromatic N) is 3. The van der Waals surface area contributed by atoms with E-state index in [1.54, 1.807) is 35.1 Å². The third kappa shape index (κ3) is 10.1. The Kier molecular flexibility index (Phi) is 13.1. The number of likely N-dealkylation sites (tertiary alicyclic amines) is 2. The zero-order valence-corrected chi connectivity index (χ0v) is 31.4. The highest BCUT2D eigenvalue weighted by atomic mass is 19.1. The van der Waals surface area contributed by atoms with Gasteiger partial charge in [-0.3, -0.25) is 9.59 Å². The first-order valence-electron chi connectivity index (χ1n) is 18.2. The standard InChI is InChI=1S/C40H58FN3O6/c1-27(2)44(32-13-11-20-43(26-32)38(47)50-39(3,4)5)37(46)29-14-16-33(28(24-29)12-9-10-23-49-8)34-25-30(15-17-35(34)41)36(45)42-21-18-31(19-22-42)40(6,7)48/h14-17,24-25,27,31-32,48H,9-13,18-23,26H2,1-8H3. The van der Waals surface area contributed by atoms with E-state index in [-0.39, 0.29) is 35.9 Å². The van der Waals surface area contributed by atoms with Gasteiger partial charge >= 0.3 is 6.09 Å². The Morgan fingerprint density at radius 3 is 2.22 bits per heavy atom. The Morgan fingerprint density at radius 2 is 1.60 bits per heavy atom. The second kappa shape index (κ2) is 16.7. The molecule has 0 bridgehead atoms. The minimum atomic E-state index is -0.797. The molecule has 1 unspecified atom stereocenters. The van der Waals surface area contributed by atoms with Crippen LogP contribution in [0.5, 0.6) is 0 Å². The van der Waals surface area contributed by atoms with Gasteiger partial charge in [0.05, 0.1) is 11.6 Å². The van der Waals surface area contributed by atoms with Gasteiger partial charge in [0.1, 0.15) is 11.4 Å². The number of ether oxygens (including phenoxy) is 2. The topological polar surface area (TPSA) is 99.6 Å². The van der Waals surface area contributed by atoms with Crippen LogP contribution in [0.25, 0.3) is 11.1 Å². The molecule has 0 aromatic heterocycles. The molecule has 2 aromatic rings. The quantitative estimate of drug-likeness (QED) is 0.247. The fourth-order valence-electron chi connectivity index (χ4n) is 7.24. The number of piperidine rings is 2. The van der Waals surface area contributed by atoms with Gasteiger partial charge in [0.15, 0.2) is 0 Å². The lowest BCUT2D eigenvalue weighted by molar-refractivity contribution is -0.0108. The van der Waals surface area contributed by atoms with Crippen LogP contribution in [0.1, 0.15) is 113 Å². The molecule has 2 aromatic carbocycles. The molecule has 2 heterocycles. The Morgan fingerprint density at radius 1 is 0.920 bits per heavy atom. The van der Waals surface area contributed by atoms with Crippen molar-refractivity contribution in [1.29, 1.82) is 0 Å². The van der Waals surface area contributed by atoms with Crippen LogP contribution in [0.4, 0.5) is 9.18 Å². The van der Waals surface area contributed by atoms with Gasteiger partial charge in [0, 0.05) is 62.6 Å². The van der Waals surface area contributed by atoms with E-state index in [1.165, 1.54) is 12.1 Å². The molecule has 2 fully saturated rings. The molecule has 9 nitrogen and oxygen atoms in total. The summed E-state index contributed by atoms with van der Waals surface area (Å²) in [5, 5.41) is 10.4. The minimum Gasteiger partial charge on any atom is -0.444 e. The van der Waals surface area contributed by atoms with Crippen molar-refractivity contribution in [3.8, 4) is 11.1 Å². The maximum atomic E-state index is 15.6. The number of aryl methyl sites for hydroxylation is 1. The van der Waals surface area contributed by atoms with E-state index in [1.807, 2.05) is 59.4 Å². The number of methoxy groups -OCH3 is 1. The van der Waals surface area contributed by atoms with E-state index >= 15 is 4.39 Å². The summed E-state index contributed by atoms with van der Waals surface area (Å²) in [5.74, 6) is -0.618. The summed E-state index contributed by atoms with van der Waals surface area (Å²) in [4.78, 5) is 46.1. The van der Waals surface area contributed by atoms with Gasteiger partial charge in [0.2, 0.25) is 0 Å². The normalized spacial score (nSPS) is 17.6. The molecule has 276 valence electrons. The monoisotopic (exact) mass is 695 g/mol. The number of rotatable bonds is 11. The summed E-state index contributed by atoms with van der Waals surface area (Å²) in [5.41, 5.74) is 1.30. The van der Waals surface area contributed by atoms with Crippen molar-refractivity contribution >= 4 is 17.9 Å². The molecule has 2 saturated heterocycles. The number of hydrogen-bond acceptors (Lipinski definition) is 6. The van der Waals surface area contributed by atoms with Gasteiger partial charge in [-0.15, -0.1) is 0 Å². The molecule has 50 heavy (non-hydrogen) atoms. The van der Waals surface area contributed by atoms with E-state index in [0.29, 0.717) is 74.3 Å². The molecule has 0 aliphatic carbocycles. The van der Waals surface area contributed by atoms with Crippen LogP contribution in [0, 0.1) is 11.7 Å². The Balaban J connectivity index is 1.62. The molecule has 10 heteroatoms. The van der Waals surface area contributed by atoms with Crippen molar-refractivity contribution in [3.05, 3.63) is 58.9 Å². The SMILES string of the molecule is COCCCCc1cc(C(=O)N(C(C)C)C2CCCN(C(=O)OC(C)(C)C)C2)ccc1-c1cc(C(=O)N2CCC(C(C)(C)O)CC2)ccc1F. The lowest BCUT2D eigenvalue weighted by Crippen LogP contribution is -2.54. The van der Waals surface area contributed by atoms with Crippen LogP contribution in [0.15, 0.2) is 36.4 Å². The predicted octanol–water partition coefficient (Wildman–Crippen LogP) is 7.34. The number of halogens is 1. The Labute approximate surface area is 298 Å². The van der Waals surface area contributed by atoms with Crippen molar-refractivity contribution in [2.45, 2.75) is 117 Å². The number of hydrogen-bond donors (Lipinski definition) is 1. The molecule has 0 radical (unpaired) electrons. The lowest BCUT2D eigenvalue weighted by Gasteiger charge is -2.41. The largest absolute Gasteiger partial charge is 0.444 e. The molecular formula is C40H58FN3O6. The number of amides is 3. The summed E-state index contributed by atoms with van der Waals surface area (Å²) in [6.07, 6.45) is 4.74. The van der Waals surface area contributed by atoms with Crippen LogP contribution >= 0.6 is 0 Å². The highest BCUT2D eigenvalue weighted by molar-refractivity contribution is 5.97. The predicted molar refractivity (Wildman–Crippen MR) is 194 cm³/mol. The Hall–Kier alpha value is -3.50. The lowest BCUT2D eigenvalue weighted by atomic mass is 9.83. The average molecular weight is 696 g/mol. The molecule has 0 spiro atoms. The second-order valence-corrected chi connectivity index (χ2v) is 15.8. The highest BCUT2D eigenvalue weighted by Crippen LogP contribution is 2.33. The first kappa shape index (κ1) is 39.3. The van der Waals surface area contributed by atoms with Gasteiger partial charge in [-0.25, -0.2) is 9.18 Å². The van der Waals surface area contributed by atoms with Crippen molar-refractivity contribution in [2.24, 2.45) is 5.92 Å². The second-order valence-electron chi connectivity index (χ2n) is 15.8. The summed E-state index contributed by atoms with van der Waals surface area (Å²) in [7, 11) is 1.66. The fourth-order valence-corrected chi connectivity index (χ4v) is 7.24. The van der Waals surface area contributed by atoms with Crippen LogP contribution in [0.2, 0.25) is 0 Å². The van der Waals surface area contributed by atoms with Crippen molar-refractivity contribution in [3.63, 3.8) is 0 Å². The van der Waals surface area contributed by atoms with Gasteiger partial charge < -0.3 is 29.3 Å². The highest BCUT2D eigenvalue weighted by Gasteiger charge is 2.35. The van der Waals surface area contributed by atoms with Gasteiger partial charge in [-0.1, -0.05) is 6.07 Å². The molecule has 2 aliphatic heterocycles. The number of unbranched alkanes of at least 4 members (excludes halogenated alkanes) is 1. The third-order valence-corrected chi connectivity index (χ3v) is 9.91. The van der Waals surface area contributed by atoms with Crippen molar-refractivity contribution in [2.75, 3.05) is 39.9 Å². The maximum absolute atomic E-state index is 15.6. The van der Waals surface area contributed by atoms with Gasteiger partial charge in [-0.05, 0) is 141 Å². The number of benzene rings is 2. The van der Waals surface area contributed by atoms with E-state index in [4.69, 9.17) is 9.47 Å².